The second-order valence-corrected chi connectivity index (χ2v) is 8.24. The Balaban J connectivity index is 1.41. The number of aromatic nitrogens is 1. The predicted octanol–water partition coefficient (Wildman–Crippen LogP) is 5.23. The van der Waals surface area contributed by atoms with E-state index in [4.69, 9.17) is 4.74 Å². The molecular weight excluding hydrogens is 370 g/mol. The zero-order valence-electron chi connectivity index (χ0n) is 15.3. The summed E-state index contributed by atoms with van der Waals surface area (Å²) in [5.74, 6) is -0.652. The summed E-state index contributed by atoms with van der Waals surface area (Å²) >= 11 is 1.51. The van der Waals surface area contributed by atoms with E-state index in [1.165, 1.54) is 34.6 Å². The van der Waals surface area contributed by atoms with Gasteiger partial charge in [0.25, 0.3) is 5.91 Å². The topological polar surface area (TPSA) is 48.3 Å². The minimum absolute atomic E-state index is 0.243. The number of fused-ring (bicyclic) bond motifs is 4. The molecule has 0 aliphatic heterocycles. The van der Waals surface area contributed by atoms with Gasteiger partial charge in [0.2, 0.25) is 0 Å². The highest BCUT2D eigenvalue weighted by Gasteiger charge is 2.21. The molecule has 2 aromatic carbocycles. The highest BCUT2D eigenvalue weighted by molar-refractivity contribution is 7.14. The van der Waals surface area contributed by atoms with Crippen molar-refractivity contribution in [3.63, 3.8) is 0 Å². The number of carbonyl (C=O) groups is 2. The van der Waals surface area contributed by atoms with Crippen molar-refractivity contribution >= 4 is 45.0 Å². The number of ether oxygens (including phenoxy) is 1. The molecule has 0 saturated carbocycles. The first-order valence-electron chi connectivity index (χ1n) is 9.52. The van der Waals surface area contributed by atoms with Gasteiger partial charge in [0.05, 0.1) is 11.0 Å². The fourth-order valence-corrected chi connectivity index (χ4v) is 5.19. The molecule has 28 heavy (non-hydrogen) atoms. The number of hydrogen-bond donors (Lipinski definition) is 0. The Morgan fingerprint density at radius 2 is 1.57 bits per heavy atom. The van der Waals surface area contributed by atoms with Crippen LogP contribution in [-0.2, 0) is 17.6 Å². The van der Waals surface area contributed by atoms with E-state index < -0.39 is 5.97 Å². The molecule has 140 valence electrons. The summed E-state index contributed by atoms with van der Waals surface area (Å²) in [6.07, 6.45) is 4.41. The quantitative estimate of drug-likeness (QED) is 0.451. The fraction of sp³-hybridized carbons (Fsp3) is 0.217. The molecule has 2 aromatic heterocycles. The van der Waals surface area contributed by atoms with Crippen LogP contribution in [0.15, 0.2) is 54.6 Å². The Bertz CT molecular complexity index is 1140. The standard InChI is InChI=1S/C23H19NO3S/c25-22(14-27-23(26)21-13-15-7-1-6-12-20(15)28-21)24-18-10-4-2-8-16(18)17-9-3-5-11-19(17)24/h2-5,8-11,13H,1,6-7,12,14H2. The van der Waals surface area contributed by atoms with Crippen molar-refractivity contribution in [2.75, 3.05) is 6.61 Å². The molecule has 0 spiro atoms. The van der Waals surface area contributed by atoms with E-state index in [-0.39, 0.29) is 12.5 Å². The average Bonchev–Trinajstić information content (AvgIpc) is 3.31. The van der Waals surface area contributed by atoms with Crippen LogP contribution in [0.3, 0.4) is 0 Å². The maximum atomic E-state index is 13.0. The van der Waals surface area contributed by atoms with E-state index in [9.17, 15) is 9.59 Å². The van der Waals surface area contributed by atoms with Crippen LogP contribution >= 0.6 is 11.3 Å². The molecule has 1 aliphatic rings. The van der Waals surface area contributed by atoms with Crippen LogP contribution in [0.25, 0.3) is 21.8 Å². The van der Waals surface area contributed by atoms with Crippen LogP contribution < -0.4 is 0 Å². The Hall–Kier alpha value is -2.92. The summed E-state index contributed by atoms with van der Waals surface area (Å²) < 4.78 is 7.04. The number of hydrogen-bond acceptors (Lipinski definition) is 4. The molecule has 0 radical (unpaired) electrons. The molecule has 0 N–H and O–H groups in total. The lowest BCUT2D eigenvalue weighted by Gasteiger charge is -2.08. The molecule has 5 heteroatoms. The highest BCUT2D eigenvalue weighted by atomic mass is 32.1. The normalized spacial score (nSPS) is 13.6. The minimum atomic E-state index is -0.409. The summed E-state index contributed by atoms with van der Waals surface area (Å²) in [5.41, 5.74) is 2.92. The van der Waals surface area contributed by atoms with Gasteiger partial charge in [-0.3, -0.25) is 9.36 Å². The first kappa shape index (κ1) is 17.2. The molecule has 4 aromatic rings. The van der Waals surface area contributed by atoms with E-state index in [0.717, 1.165) is 34.6 Å². The van der Waals surface area contributed by atoms with Crippen LogP contribution in [-0.4, -0.2) is 23.1 Å². The average molecular weight is 389 g/mol. The van der Waals surface area contributed by atoms with Gasteiger partial charge in [0.15, 0.2) is 6.61 Å². The Morgan fingerprint density at radius 3 is 2.25 bits per heavy atom. The highest BCUT2D eigenvalue weighted by Crippen LogP contribution is 2.31. The summed E-state index contributed by atoms with van der Waals surface area (Å²) in [5, 5.41) is 2.03. The Labute approximate surface area is 166 Å². The fourth-order valence-electron chi connectivity index (χ4n) is 4.05. The third kappa shape index (κ3) is 2.83. The molecule has 0 saturated heterocycles. The first-order valence-corrected chi connectivity index (χ1v) is 10.3. The van der Waals surface area contributed by atoms with Crippen molar-refractivity contribution in [2.24, 2.45) is 0 Å². The smallest absolute Gasteiger partial charge is 0.348 e. The number of aryl methyl sites for hydroxylation is 2. The molecule has 0 amide bonds. The molecule has 5 rings (SSSR count). The number of carbonyl (C=O) groups excluding carboxylic acids is 2. The minimum Gasteiger partial charge on any atom is -0.451 e. The lowest BCUT2D eigenvalue weighted by molar-refractivity contribution is 0.0456. The Kier molecular flexibility index (Phi) is 4.24. The van der Waals surface area contributed by atoms with Gasteiger partial charge in [-0.25, -0.2) is 4.79 Å². The van der Waals surface area contributed by atoms with Crippen LogP contribution in [0.2, 0.25) is 0 Å². The van der Waals surface area contributed by atoms with Gasteiger partial charge in [0, 0.05) is 15.6 Å². The van der Waals surface area contributed by atoms with Gasteiger partial charge >= 0.3 is 5.97 Å². The number of esters is 1. The number of thiophene rings is 1. The van der Waals surface area contributed by atoms with Crippen LogP contribution in [0.4, 0.5) is 0 Å². The lowest BCUT2D eigenvalue weighted by Crippen LogP contribution is -2.19. The van der Waals surface area contributed by atoms with Crippen molar-refractivity contribution in [3.8, 4) is 0 Å². The summed E-state index contributed by atoms with van der Waals surface area (Å²) in [7, 11) is 0. The van der Waals surface area contributed by atoms with Crippen molar-refractivity contribution in [1.29, 1.82) is 0 Å². The van der Waals surface area contributed by atoms with E-state index in [0.29, 0.717) is 4.88 Å². The van der Waals surface area contributed by atoms with Crippen LogP contribution in [0, 0.1) is 0 Å². The van der Waals surface area contributed by atoms with Crippen LogP contribution in [0.5, 0.6) is 0 Å². The number of benzene rings is 2. The molecule has 4 nitrogen and oxygen atoms in total. The van der Waals surface area contributed by atoms with Crippen molar-refractivity contribution in [2.45, 2.75) is 25.7 Å². The van der Waals surface area contributed by atoms with Crippen molar-refractivity contribution < 1.29 is 14.3 Å². The van der Waals surface area contributed by atoms with Gasteiger partial charge in [-0.2, -0.15) is 0 Å². The third-order valence-corrected chi connectivity index (χ3v) is 6.57. The van der Waals surface area contributed by atoms with Gasteiger partial charge in [0.1, 0.15) is 4.88 Å². The van der Waals surface area contributed by atoms with E-state index in [1.54, 1.807) is 4.57 Å². The Morgan fingerprint density at radius 1 is 0.929 bits per heavy atom. The maximum Gasteiger partial charge on any atom is 0.348 e. The van der Waals surface area contributed by atoms with E-state index in [2.05, 4.69) is 0 Å². The predicted molar refractivity (Wildman–Crippen MR) is 111 cm³/mol. The molecular formula is C23H19NO3S. The molecule has 1 aliphatic carbocycles. The zero-order chi connectivity index (χ0) is 19.1. The third-order valence-electron chi connectivity index (χ3n) is 5.35. The van der Waals surface area contributed by atoms with E-state index >= 15 is 0 Å². The van der Waals surface area contributed by atoms with Gasteiger partial charge in [-0.05, 0) is 49.4 Å². The largest absolute Gasteiger partial charge is 0.451 e. The second-order valence-electron chi connectivity index (χ2n) is 7.11. The zero-order valence-corrected chi connectivity index (χ0v) is 16.1. The number of rotatable bonds is 3. The van der Waals surface area contributed by atoms with E-state index in [1.807, 2.05) is 54.6 Å². The summed E-state index contributed by atoms with van der Waals surface area (Å²) in [6.45, 7) is -0.274. The van der Waals surface area contributed by atoms with Gasteiger partial charge in [-0.15, -0.1) is 11.3 Å². The van der Waals surface area contributed by atoms with Crippen molar-refractivity contribution in [1.82, 2.24) is 4.57 Å². The molecule has 0 atom stereocenters. The van der Waals surface area contributed by atoms with Crippen molar-refractivity contribution in [3.05, 3.63) is 69.9 Å². The lowest BCUT2D eigenvalue weighted by atomic mass is 9.99. The molecule has 0 fully saturated rings. The summed E-state index contributed by atoms with van der Waals surface area (Å²) in [6, 6.07) is 17.5. The molecule has 0 bridgehead atoms. The number of nitrogens with zero attached hydrogens (tertiary/aromatic N) is 1. The van der Waals surface area contributed by atoms with Crippen LogP contribution in [0.1, 0.15) is 37.7 Å². The van der Waals surface area contributed by atoms with Gasteiger partial charge < -0.3 is 4.74 Å². The SMILES string of the molecule is O=C(OCC(=O)n1c2ccccc2c2ccccc21)c1cc2c(s1)CCCC2. The summed E-state index contributed by atoms with van der Waals surface area (Å²) in [4.78, 5) is 27.3. The number of para-hydroxylation sites is 2. The maximum absolute atomic E-state index is 13.0. The second kappa shape index (κ2) is 6.91. The molecule has 2 heterocycles. The molecule has 0 unspecified atom stereocenters. The first-order chi connectivity index (χ1) is 13.7. The monoisotopic (exact) mass is 389 g/mol. The van der Waals surface area contributed by atoms with Gasteiger partial charge in [-0.1, -0.05) is 36.4 Å².